The van der Waals surface area contributed by atoms with Crippen molar-refractivity contribution in [2.24, 2.45) is 0 Å². The van der Waals surface area contributed by atoms with E-state index in [-0.39, 0.29) is 17.0 Å². The number of hydrogen-bond donors (Lipinski definition) is 1. The first-order valence-electron chi connectivity index (χ1n) is 4.09. The van der Waals surface area contributed by atoms with Crippen LogP contribution in [0.25, 0.3) is 11.3 Å². The molecule has 1 aromatic carbocycles. The number of halogens is 1. The van der Waals surface area contributed by atoms with Crippen LogP contribution in [0.2, 0.25) is 0 Å². The van der Waals surface area contributed by atoms with Crippen molar-refractivity contribution >= 4 is 16.5 Å². The number of nitrogen functional groups attached to an aromatic ring is 1. The molecule has 3 N–H and O–H groups in total. The van der Waals surface area contributed by atoms with Crippen LogP contribution >= 0.6 is 11.3 Å². The third-order valence-electron chi connectivity index (χ3n) is 1.92. The van der Waals surface area contributed by atoms with Crippen LogP contribution in [0.5, 0.6) is 0 Å². The van der Waals surface area contributed by atoms with E-state index >= 15 is 0 Å². The minimum absolute atomic E-state index is 0. The maximum absolute atomic E-state index is 5.61. The Balaban J connectivity index is 0.000000980. The number of benzene rings is 1. The molecule has 0 spiro atoms. The van der Waals surface area contributed by atoms with Crippen molar-refractivity contribution < 1.29 is 22.0 Å². The lowest BCUT2D eigenvalue weighted by Gasteiger charge is -1.94. The normalized spacial score (nSPS) is 9.50. The van der Waals surface area contributed by atoms with Gasteiger partial charge in [-0.1, -0.05) is 41.2 Å². The van der Waals surface area contributed by atoms with Gasteiger partial charge in [0.25, 0.3) is 0 Å². The fourth-order valence-corrected chi connectivity index (χ4v) is 1.80. The number of H-pyrrole nitrogens is 1. The monoisotopic (exact) mass is 270 g/mol. The van der Waals surface area contributed by atoms with Crippen LogP contribution in [0, 0.1) is 6.92 Å². The summed E-state index contributed by atoms with van der Waals surface area (Å²) < 4.78 is 0. The highest BCUT2D eigenvalue weighted by Gasteiger charge is 2.04. The largest absolute Gasteiger partial charge is 1.00 e. The van der Waals surface area contributed by atoms with Gasteiger partial charge in [-0.25, -0.2) is 4.98 Å². The Morgan fingerprint density at radius 1 is 1.21 bits per heavy atom. The Labute approximate surface area is 97.6 Å². The first-order chi connectivity index (χ1) is 6.25. The first-order valence-corrected chi connectivity index (χ1v) is 4.97. The highest BCUT2D eigenvalue weighted by Crippen LogP contribution is 2.19. The van der Waals surface area contributed by atoms with E-state index in [1.807, 2.05) is 5.38 Å². The van der Waals surface area contributed by atoms with Gasteiger partial charge in [0, 0.05) is 10.9 Å². The lowest BCUT2D eigenvalue weighted by Crippen LogP contribution is -3.00. The van der Waals surface area contributed by atoms with Crippen LogP contribution < -0.4 is 27.7 Å². The van der Waals surface area contributed by atoms with Crippen molar-refractivity contribution in [2.45, 2.75) is 6.92 Å². The van der Waals surface area contributed by atoms with Gasteiger partial charge in [0.05, 0.1) is 0 Å². The van der Waals surface area contributed by atoms with Gasteiger partial charge in [-0.2, -0.15) is 0 Å². The molecular formula is C10H11BrN2S. The molecular weight excluding hydrogens is 260 g/mol. The van der Waals surface area contributed by atoms with Crippen molar-refractivity contribution in [3.63, 3.8) is 0 Å². The van der Waals surface area contributed by atoms with Crippen molar-refractivity contribution in [1.29, 1.82) is 0 Å². The van der Waals surface area contributed by atoms with Gasteiger partial charge in [-0.15, -0.1) is 0 Å². The minimum Gasteiger partial charge on any atom is -1.00 e. The second kappa shape index (κ2) is 4.57. The maximum Gasteiger partial charge on any atom is 0.329 e. The Morgan fingerprint density at radius 3 is 2.36 bits per heavy atom. The van der Waals surface area contributed by atoms with E-state index in [0.29, 0.717) is 0 Å². The predicted octanol–water partition coefficient (Wildman–Crippen LogP) is -0.876. The molecule has 2 rings (SSSR count). The Hall–Kier alpha value is -0.870. The van der Waals surface area contributed by atoms with E-state index in [2.05, 4.69) is 36.2 Å². The lowest BCUT2D eigenvalue weighted by atomic mass is 10.1. The molecule has 0 amide bonds. The molecule has 2 nitrogen and oxygen atoms in total. The molecule has 0 saturated heterocycles. The van der Waals surface area contributed by atoms with Crippen LogP contribution in [0.15, 0.2) is 29.6 Å². The minimum atomic E-state index is 0. The molecule has 0 fully saturated rings. The van der Waals surface area contributed by atoms with E-state index in [9.17, 15) is 0 Å². The number of nitrogens with two attached hydrogens (primary N) is 1. The highest BCUT2D eigenvalue weighted by molar-refractivity contribution is 7.13. The smallest absolute Gasteiger partial charge is 0.329 e. The Kier molecular flexibility index (Phi) is 3.66. The van der Waals surface area contributed by atoms with Gasteiger partial charge in [-0.3, -0.25) is 5.73 Å². The molecule has 0 aliphatic rings. The Morgan fingerprint density at radius 2 is 1.86 bits per heavy atom. The van der Waals surface area contributed by atoms with Gasteiger partial charge < -0.3 is 17.0 Å². The maximum atomic E-state index is 5.61. The van der Waals surface area contributed by atoms with Gasteiger partial charge >= 0.3 is 5.13 Å². The van der Waals surface area contributed by atoms with Gasteiger partial charge in [0.2, 0.25) is 0 Å². The van der Waals surface area contributed by atoms with E-state index in [1.54, 1.807) is 0 Å². The molecule has 0 aliphatic heterocycles. The van der Waals surface area contributed by atoms with Gasteiger partial charge in [0.1, 0.15) is 5.69 Å². The predicted molar refractivity (Wildman–Crippen MR) is 55.5 cm³/mol. The number of aryl methyl sites for hydroxylation is 1. The summed E-state index contributed by atoms with van der Waals surface area (Å²) in [5.74, 6) is 0. The van der Waals surface area contributed by atoms with E-state index in [0.717, 1.165) is 10.8 Å². The van der Waals surface area contributed by atoms with Gasteiger partial charge in [0.15, 0.2) is 0 Å². The number of anilines is 1. The summed E-state index contributed by atoms with van der Waals surface area (Å²) in [6, 6.07) is 8.37. The van der Waals surface area contributed by atoms with Crippen molar-refractivity contribution in [2.75, 3.05) is 5.73 Å². The van der Waals surface area contributed by atoms with Crippen LogP contribution in [0.1, 0.15) is 5.56 Å². The zero-order valence-corrected chi connectivity index (χ0v) is 10.2. The van der Waals surface area contributed by atoms with Crippen LogP contribution in [0.4, 0.5) is 5.13 Å². The standard InChI is InChI=1S/C10H10N2S.BrH/c1-7-2-4-8(5-3-7)9-6-13-10(11)12-9;/h2-6H,1H3,(H2,11,12);1H. The second-order valence-electron chi connectivity index (χ2n) is 3.00. The topological polar surface area (TPSA) is 40.2 Å². The van der Waals surface area contributed by atoms with Crippen molar-refractivity contribution in [3.8, 4) is 11.3 Å². The van der Waals surface area contributed by atoms with E-state index < -0.39 is 0 Å². The lowest BCUT2D eigenvalue weighted by molar-refractivity contribution is -0.340. The van der Waals surface area contributed by atoms with Crippen LogP contribution in [-0.4, -0.2) is 0 Å². The number of aromatic nitrogens is 1. The summed E-state index contributed by atoms with van der Waals surface area (Å²) >= 11 is 1.53. The van der Waals surface area contributed by atoms with Crippen molar-refractivity contribution in [3.05, 3.63) is 35.2 Å². The summed E-state index contributed by atoms with van der Waals surface area (Å²) in [7, 11) is 0. The average Bonchev–Trinajstić information content (AvgIpc) is 2.53. The summed E-state index contributed by atoms with van der Waals surface area (Å²) in [5, 5.41) is 2.77. The summed E-state index contributed by atoms with van der Waals surface area (Å²) in [6.45, 7) is 2.08. The third-order valence-corrected chi connectivity index (χ3v) is 2.63. The molecule has 0 radical (unpaired) electrons. The van der Waals surface area contributed by atoms with E-state index in [4.69, 9.17) is 5.73 Å². The number of rotatable bonds is 1. The third kappa shape index (κ3) is 2.33. The van der Waals surface area contributed by atoms with Crippen LogP contribution in [-0.2, 0) is 0 Å². The van der Waals surface area contributed by atoms with Gasteiger partial charge in [-0.05, 0) is 6.92 Å². The molecule has 1 aromatic heterocycles. The molecule has 0 aliphatic carbocycles. The molecule has 4 heteroatoms. The SMILES string of the molecule is Cc1ccc(-c2csc(N)[nH+]2)cc1.[Br-]. The zero-order valence-electron chi connectivity index (χ0n) is 7.75. The summed E-state index contributed by atoms with van der Waals surface area (Å²) in [6.07, 6.45) is 0. The number of nitrogens with one attached hydrogen (secondary N) is 1. The number of aromatic amines is 1. The molecule has 0 unspecified atom stereocenters. The molecule has 0 bridgehead atoms. The number of hydrogen-bond acceptors (Lipinski definition) is 2. The summed E-state index contributed by atoms with van der Waals surface area (Å²) in [5.41, 5.74) is 9.14. The molecule has 14 heavy (non-hydrogen) atoms. The fraction of sp³-hybridized carbons (Fsp3) is 0.100. The zero-order chi connectivity index (χ0) is 9.26. The number of thiazole rings is 1. The highest BCUT2D eigenvalue weighted by atomic mass is 79.9. The molecule has 0 saturated carbocycles. The first kappa shape index (κ1) is 11.2. The van der Waals surface area contributed by atoms with Crippen LogP contribution in [0.3, 0.4) is 0 Å². The quantitative estimate of drug-likeness (QED) is 0.719. The summed E-state index contributed by atoms with van der Waals surface area (Å²) in [4.78, 5) is 3.11. The molecule has 1 heterocycles. The molecule has 0 atom stereocenters. The molecule has 2 aromatic rings. The van der Waals surface area contributed by atoms with E-state index in [1.165, 1.54) is 22.5 Å². The van der Waals surface area contributed by atoms with Crippen molar-refractivity contribution in [1.82, 2.24) is 0 Å². The Bertz CT molecular complexity index is 408. The fourth-order valence-electron chi connectivity index (χ4n) is 1.19. The second-order valence-corrected chi connectivity index (χ2v) is 3.92. The average molecular weight is 271 g/mol. The molecule has 74 valence electrons.